The van der Waals surface area contributed by atoms with E-state index in [4.69, 9.17) is 21.3 Å². The number of hydrogen-bond acceptors (Lipinski definition) is 7. The fourth-order valence-corrected chi connectivity index (χ4v) is 6.52. The Balaban J connectivity index is 0.941. The van der Waals surface area contributed by atoms with Crippen molar-refractivity contribution in [3.63, 3.8) is 0 Å². The number of nitrogens with one attached hydrogen (secondary N) is 4. The van der Waals surface area contributed by atoms with Crippen LogP contribution in [0.4, 0.5) is 11.4 Å². The molecule has 0 spiro atoms. The first-order valence-corrected chi connectivity index (χ1v) is 16.5. The number of para-hydroxylation sites is 1. The highest BCUT2D eigenvalue weighted by atomic mass is 35.5. The lowest BCUT2D eigenvalue weighted by molar-refractivity contribution is 0.000624. The summed E-state index contributed by atoms with van der Waals surface area (Å²) in [6.45, 7) is 1.09. The molecule has 0 bridgehead atoms. The number of hydrogen-bond donors (Lipinski definition) is 4. The van der Waals surface area contributed by atoms with Gasteiger partial charge in [-0.1, -0.05) is 91.0 Å². The Morgan fingerprint density at radius 1 is 0.633 bits per heavy atom. The average Bonchev–Trinajstić information content (AvgIpc) is 3.14. The molecule has 10 heteroatoms. The molecular weight excluding hydrogens is 638 g/mol. The van der Waals surface area contributed by atoms with Crippen molar-refractivity contribution in [2.75, 3.05) is 17.3 Å². The normalized spacial score (nSPS) is 12.1. The highest BCUT2D eigenvalue weighted by Gasteiger charge is 2.23. The molecular formula is C39H34ClN5O4. The van der Waals surface area contributed by atoms with Gasteiger partial charge in [-0.2, -0.15) is 0 Å². The molecule has 1 heterocycles. The van der Waals surface area contributed by atoms with E-state index in [1.807, 2.05) is 97.1 Å². The highest BCUT2D eigenvalue weighted by Crippen LogP contribution is 2.38. The molecule has 246 valence electrons. The molecule has 0 atom stereocenters. The van der Waals surface area contributed by atoms with E-state index < -0.39 is 0 Å². The fourth-order valence-electron chi connectivity index (χ4n) is 6.35. The molecule has 0 saturated carbocycles. The summed E-state index contributed by atoms with van der Waals surface area (Å²) in [5.41, 5.74) is 17.7. The Labute approximate surface area is 288 Å². The van der Waals surface area contributed by atoms with Gasteiger partial charge in [-0.3, -0.25) is 30.1 Å². The second-order valence-corrected chi connectivity index (χ2v) is 12.0. The number of benzene rings is 6. The summed E-state index contributed by atoms with van der Waals surface area (Å²) in [5, 5.41) is 3.81. The fraction of sp³-hybridized carbons (Fsp3) is 0.128. The number of nitrogens with zero attached hydrogens (tertiary/aromatic N) is 1. The zero-order valence-corrected chi connectivity index (χ0v) is 27.3. The van der Waals surface area contributed by atoms with E-state index in [2.05, 4.69) is 39.1 Å². The highest BCUT2D eigenvalue weighted by molar-refractivity contribution is 6.18. The molecule has 1 aliphatic rings. The van der Waals surface area contributed by atoms with E-state index in [1.54, 1.807) is 12.1 Å². The van der Waals surface area contributed by atoms with Crippen LogP contribution in [-0.4, -0.2) is 24.2 Å². The van der Waals surface area contributed by atoms with Crippen molar-refractivity contribution in [2.24, 2.45) is 0 Å². The predicted molar refractivity (Wildman–Crippen MR) is 192 cm³/mol. The maximum Gasteiger partial charge on any atom is 0.267 e. The van der Waals surface area contributed by atoms with Gasteiger partial charge in [0.15, 0.2) is 0 Å². The summed E-state index contributed by atoms with van der Waals surface area (Å²) in [7, 11) is 0. The van der Waals surface area contributed by atoms with E-state index in [0.29, 0.717) is 23.6 Å². The van der Waals surface area contributed by atoms with Gasteiger partial charge in [0.1, 0.15) is 0 Å². The summed E-state index contributed by atoms with van der Waals surface area (Å²) < 4.78 is 0. The van der Waals surface area contributed by atoms with Crippen molar-refractivity contribution < 1.29 is 19.3 Å². The second-order valence-electron chi connectivity index (χ2n) is 11.6. The Morgan fingerprint density at radius 2 is 1.29 bits per heavy atom. The number of halogens is 1. The minimum atomic E-state index is -0.341. The van der Waals surface area contributed by atoms with Crippen LogP contribution < -0.4 is 26.9 Å². The monoisotopic (exact) mass is 671 g/mol. The zero-order chi connectivity index (χ0) is 33.6. The van der Waals surface area contributed by atoms with Crippen LogP contribution in [0.1, 0.15) is 43.0 Å². The van der Waals surface area contributed by atoms with E-state index in [0.717, 1.165) is 56.0 Å². The number of fused-ring (bicyclic) bond motifs is 4. The second kappa shape index (κ2) is 14.9. The third-order valence-electron chi connectivity index (χ3n) is 8.67. The Bertz CT molecular complexity index is 2150. The van der Waals surface area contributed by atoms with E-state index in [9.17, 15) is 9.59 Å². The molecule has 6 aromatic carbocycles. The minimum Gasteiger partial charge on any atom is -0.340 e. The molecule has 4 N–H and O–H groups in total. The average molecular weight is 672 g/mol. The molecule has 0 fully saturated rings. The van der Waals surface area contributed by atoms with Crippen molar-refractivity contribution in [3.05, 3.63) is 155 Å². The van der Waals surface area contributed by atoms with Crippen LogP contribution in [0.2, 0.25) is 0 Å². The molecule has 0 radical (unpaired) electrons. The summed E-state index contributed by atoms with van der Waals surface area (Å²) in [6.07, 6.45) is 0.727. The Morgan fingerprint density at radius 3 is 2.10 bits per heavy atom. The predicted octanol–water partition coefficient (Wildman–Crippen LogP) is 7.01. The van der Waals surface area contributed by atoms with Crippen LogP contribution >= 0.6 is 11.6 Å². The Hall–Kier alpha value is -5.29. The van der Waals surface area contributed by atoms with Crippen molar-refractivity contribution >= 4 is 56.3 Å². The van der Waals surface area contributed by atoms with Gasteiger partial charge in [0.25, 0.3) is 11.8 Å². The van der Waals surface area contributed by atoms with E-state index >= 15 is 0 Å². The van der Waals surface area contributed by atoms with Gasteiger partial charge in [0.05, 0.1) is 13.2 Å². The van der Waals surface area contributed by atoms with Gasteiger partial charge >= 0.3 is 0 Å². The molecule has 0 aromatic heterocycles. The third-order valence-corrected chi connectivity index (χ3v) is 8.84. The third kappa shape index (κ3) is 6.98. The lowest BCUT2D eigenvalue weighted by atomic mass is 9.94. The number of hydrazine groups is 2. The van der Waals surface area contributed by atoms with Crippen molar-refractivity contribution in [1.29, 1.82) is 0 Å². The van der Waals surface area contributed by atoms with Crippen molar-refractivity contribution in [2.45, 2.75) is 19.6 Å². The standard InChI is InChI=1S/C39H34ClN5O4/c40-20-21-45-36-15-6-2-9-27(36)22-31-23-28(17-19-37(31)45)38(46)41-43-49-25-30-16-18-35(34-14-5-4-13-33(30)34)39(47)42-44-48-24-29-11-7-10-26-8-1-3-12-32(26)29/h1-19,23,43-44H,20-22,24-25H2,(H,41,46)(H,42,47). The number of anilines is 2. The van der Waals surface area contributed by atoms with Gasteiger partial charge in [0.2, 0.25) is 0 Å². The van der Waals surface area contributed by atoms with Gasteiger partial charge < -0.3 is 4.90 Å². The topological polar surface area (TPSA) is 104 Å². The van der Waals surface area contributed by atoms with Crippen LogP contribution in [0.25, 0.3) is 21.5 Å². The van der Waals surface area contributed by atoms with E-state index in [-0.39, 0.29) is 25.0 Å². The molecule has 9 nitrogen and oxygen atoms in total. The zero-order valence-electron chi connectivity index (χ0n) is 26.5. The van der Waals surface area contributed by atoms with Gasteiger partial charge in [-0.25, -0.2) is 0 Å². The van der Waals surface area contributed by atoms with Gasteiger partial charge in [-0.15, -0.1) is 22.8 Å². The molecule has 0 saturated heterocycles. The summed E-state index contributed by atoms with van der Waals surface area (Å²) in [5.74, 6) is -0.175. The summed E-state index contributed by atoms with van der Waals surface area (Å²) >= 11 is 6.12. The quantitative estimate of drug-likeness (QED) is 0.0631. The molecule has 0 aliphatic carbocycles. The molecule has 49 heavy (non-hydrogen) atoms. The van der Waals surface area contributed by atoms with Crippen LogP contribution in [0, 0.1) is 0 Å². The number of alkyl halides is 1. The Kier molecular flexibility index (Phi) is 9.79. The van der Waals surface area contributed by atoms with Crippen LogP contribution in [0.3, 0.4) is 0 Å². The SMILES string of the molecule is O=C(NNOCc1ccc(C(=O)NNOCc2cccc3ccccc23)c2ccccc12)c1ccc2c(c1)Cc1ccccc1N2CCCl. The van der Waals surface area contributed by atoms with Crippen LogP contribution in [-0.2, 0) is 29.3 Å². The van der Waals surface area contributed by atoms with Gasteiger partial charge in [-0.05, 0) is 74.1 Å². The largest absolute Gasteiger partial charge is 0.340 e. The number of carbonyl (C=O) groups is 2. The molecule has 0 unspecified atom stereocenters. The number of rotatable bonds is 12. The number of carbonyl (C=O) groups excluding carboxylic acids is 2. The first kappa shape index (κ1) is 32.3. The smallest absolute Gasteiger partial charge is 0.267 e. The maximum atomic E-state index is 13.1. The van der Waals surface area contributed by atoms with Crippen molar-refractivity contribution in [3.8, 4) is 0 Å². The summed E-state index contributed by atoms with van der Waals surface area (Å²) in [6, 6.07) is 39.1. The summed E-state index contributed by atoms with van der Waals surface area (Å²) in [4.78, 5) is 39.6. The lowest BCUT2D eigenvalue weighted by Gasteiger charge is -2.33. The first-order chi connectivity index (χ1) is 24.1. The molecule has 6 aromatic rings. The molecule has 1 aliphatic heterocycles. The minimum absolute atomic E-state index is 0.142. The first-order valence-electron chi connectivity index (χ1n) is 16.0. The molecule has 7 rings (SSSR count). The lowest BCUT2D eigenvalue weighted by Crippen LogP contribution is -2.37. The molecule has 2 amide bonds. The van der Waals surface area contributed by atoms with Crippen LogP contribution in [0.15, 0.2) is 121 Å². The van der Waals surface area contributed by atoms with Gasteiger partial charge in [0, 0.05) is 41.3 Å². The van der Waals surface area contributed by atoms with Crippen molar-refractivity contribution in [1.82, 2.24) is 22.0 Å². The maximum absolute atomic E-state index is 13.1. The number of amides is 2. The van der Waals surface area contributed by atoms with Crippen LogP contribution in [0.5, 0.6) is 0 Å². The van der Waals surface area contributed by atoms with E-state index in [1.165, 1.54) is 5.56 Å².